The van der Waals surface area contributed by atoms with E-state index >= 15 is 0 Å². The van der Waals surface area contributed by atoms with E-state index in [9.17, 15) is 4.79 Å². The molecule has 0 saturated carbocycles. The van der Waals surface area contributed by atoms with Gasteiger partial charge in [-0.3, -0.25) is 0 Å². The zero-order valence-corrected chi connectivity index (χ0v) is 8.26. The van der Waals surface area contributed by atoms with Crippen LogP contribution in [0, 0.1) is 5.92 Å². The van der Waals surface area contributed by atoms with Gasteiger partial charge in [-0.1, -0.05) is 13.8 Å². The first-order chi connectivity index (χ1) is 5.36. The van der Waals surface area contributed by atoms with Gasteiger partial charge in [0.1, 0.15) is 0 Å². The van der Waals surface area contributed by atoms with Crippen molar-refractivity contribution in [3.63, 3.8) is 0 Å². The molecule has 0 spiro atoms. The quantitative estimate of drug-likeness (QED) is 0.692. The van der Waals surface area contributed by atoms with Crippen LogP contribution >= 0.6 is 0 Å². The molecule has 0 aliphatic rings. The number of hydrogen-bond donors (Lipinski definition) is 1. The molecule has 1 N–H and O–H groups in total. The van der Waals surface area contributed by atoms with Gasteiger partial charge in [0.25, 0.3) is 0 Å². The summed E-state index contributed by atoms with van der Waals surface area (Å²) in [6.45, 7) is 7.80. The van der Waals surface area contributed by atoms with Gasteiger partial charge < -0.3 is 9.84 Å². The highest BCUT2D eigenvalue weighted by Gasteiger charge is 2.27. The van der Waals surface area contributed by atoms with Crippen molar-refractivity contribution in [1.29, 1.82) is 0 Å². The van der Waals surface area contributed by atoms with E-state index in [0.29, 0.717) is 12.5 Å². The largest absolute Gasteiger partial charge is 0.479 e. The van der Waals surface area contributed by atoms with Crippen molar-refractivity contribution >= 4 is 5.97 Å². The lowest BCUT2D eigenvalue weighted by atomic mass is 10.1. The Balaban J connectivity index is 3.69. The summed E-state index contributed by atoms with van der Waals surface area (Å²) >= 11 is 0. The van der Waals surface area contributed by atoms with Crippen LogP contribution < -0.4 is 0 Å². The fourth-order valence-corrected chi connectivity index (χ4v) is 0.612. The molecule has 0 aromatic rings. The minimum Gasteiger partial charge on any atom is -0.479 e. The minimum absolute atomic E-state index is 0.511. The van der Waals surface area contributed by atoms with Crippen molar-refractivity contribution in [1.82, 2.24) is 0 Å². The van der Waals surface area contributed by atoms with Gasteiger partial charge in [0.15, 0.2) is 5.60 Å². The van der Waals surface area contributed by atoms with Crippen molar-refractivity contribution in [3.8, 4) is 0 Å². The highest BCUT2D eigenvalue weighted by atomic mass is 16.5. The van der Waals surface area contributed by atoms with Gasteiger partial charge >= 0.3 is 5.97 Å². The predicted octanol–water partition coefficient (Wildman–Crippen LogP) is 1.91. The van der Waals surface area contributed by atoms with Crippen LogP contribution in [0.3, 0.4) is 0 Å². The van der Waals surface area contributed by atoms with E-state index in [1.807, 2.05) is 0 Å². The second kappa shape index (κ2) is 4.45. The molecule has 0 rings (SSSR count). The van der Waals surface area contributed by atoms with Gasteiger partial charge in [-0.25, -0.2) is 4.79 Å². The smallest absolute Gasteiger partial charge is 0.335 e. The maximum absolute atomic E-state index is 10.6. The number of ether oxygens (including phenoxy) is 1. The highest BCUT2D eigenvalue weighted by Crippen LogP contribution is 2.11. The van der Waals surface area contributed by atoms with Crippen LogP contribution in [-0.2, 0) is 9.53 Å². The molecule has 3 heteroatoms. The Labute approximate surface area is 73.7 Å². The summed E-state index contributed by atoms with van der Waals surface area (Å²) in [7, 11) is 0. The van der Waals surface area contributed by atoms with Gasteiger partial charge in [-0.05, 0) is 26.2 Å². The van der Waals surface area contributed by atoms with Gasteiger partial charge in [-0.15, -0.1) is 0 Å². The van der Waals surface area contributed by atoms with E-state index in [-0.39, 0.29) is 0 Å². The maximum atomic E-state index is 10.6. The van der Waals surface area contributed by atoms with Crippen molar-refractivity contribution < 1.29 is 14.6 Å². The summed E-state index contributed by atoms with van der Waals surface area (Å²) in [6.07, 6.45) is 0.900. The van der Waals surface area contributed by atoms with Crippen molar-refractivity contribution in [2.75, 3.05) is 6.61 Å². The van der Waals surface area contributed by atoms with Crippen LogP contribution in [0.25, 0.3) is 0 Å². The molecule has 0 heterocycles. The van der Waals surface area contributed by atoms with Crippen LogP contribution in [0.5, 0.6) is 0 Å². The number of rotatable bonds is 5. The van der Waals surface area contributed by atoms with Crippen LogP contribution in [0.4, 0.5) is 0 Å². The zero-order chi connectivity index (χ0) is 9.78. The van der Waals surface area contributed by atoms with Crippen molar-refractivity contribution in [3.05, 3.63) is 0 Å². The first-order valence-electron chi connectivity index (χ1n) is 4.23. The predicted molar refractivity (Wildman–Crippen MR) is 47.1 cm³/mol. The Morgan fingerprint density at radius 2 is 2.00 bits per heavy atom. The molecule has 0 aliphatic heterocycles. The zero-order valence-electron chi connectivity index (χ0n) is 8.26. The van der Waals surface area contributed by atoms with Gasteiger partial charge in [-0.2, -0.15) is 0 Å². The molecule has 0 aromatic heterocycles. The van der Waals surface area contributed by atoms with Crippen LogP contribution in [0.2, 0.25) is 0 Å². The number of carboxylic acid groups (broad SMARTS) is 1. The van der Waals surface area contributed by atoms with E-state index in [1.165, 1.54) is 0 Å². The molecule has 0 atom stereocenters. The number of aliphatic carboxylic acids is 1. The lowest BCUT2D eigenvalue weighted by Gasteiger charge is -2.20. The number of carbonyl (C=O) groups is 1. The molecule has 0 aliphatic carbocycles. The monoisotopic (exact) mass is 174 g/mol. The third-order valence-corrected chi connectivity index (χ3v) is 1.67. The van der Waals surface area contributed by atoms with E-state index in [0.717, 1.165) is 6.42 Å². The average Bonchev–Trinajstić information content (AvgIpc) is 1.85. The van der Waals surface area contributed by atoms with Gasteiger partial charge in [0.2, 0.25) is 0 Å². The minimum atomic E-state index is -1.05. The second-order valence-corrected chi connectivity index (χ2v) is 3.85. The standard InChI is InChI=1S/C9H18O3/c1-7(2)5-6-12-9(3,4)8(10)11/h7H,5-6H2,1-4H3,(H,10,11). The van der Waals surface area contributed by atoms with Crippen LogP contribution in [0.1, 0.15) is 34.1 Å². The molecule has 3 nitrogen and oxygen atoms in total. The average molecular weight is 174 g/mol. The molecule has 0 amide bonds. The number of hydrogen-bond acceptors (Lipinski definition) is 2. The lowest BCUT2D eigenvalue weighted by Crippen LogP contribution is -2.35. The maximum Gasteiger partial charge on any atom is 0.335 e. The SMILES string of the molecule is CC(C)CCOC(C)(C)C(=O)O. The molecule has 0 saturated heterocycles. The lowest BCUT2D eigenvalue weighted by molar-refractivity contribution is -0.161. The van der Waals surface area contributed by atoms with Crippen LogP contribution in [0.15, 0.2) is 0 Å². The Hall–Kier alpha value is -0.570. The third-order valence-electron chi connectivity index (χ3n) is 1.67. The summed E-state index contributed by atoms with van der Waals surface area (Å²) in [6, 6.07) is 0. The fraction of sp³-hybridized carbons (Fsp3) is 0.889. The first-order valence-corrected chi connectivity index (χ1v) is 4.23. The molecular weight excluding hydrogens is 156 g/mol. The molecule has 72 valence electrons. The van der Waals surface area contributed by atoms with E-state index in [1.54, 1.807) is 13.8 Å². The van der Waals surface area contributed by atoms with Crippen molar-refractivity contribution in [2.45, 2.75) is 39.7 Å². The molecule has 0 bridgehead atoms. The summed E-state index contributed by atoms with van der Waals surface area (Å²) in [4.78, 5) is 10.6. The summed E-state index contributed by atoms with van der Waals surface area (Å²) in [5.41, 5.74) is -1.05. The second-order valence-electron chi connectivity index (χ2n) is 3.85. The molecule has 12 heavy (non-hydrogen) atoms. The van der Waals surface area contributed by atoms with E-state index in [2.05, 4.69) is 13.8 Å². The third kappa shape index (κ3) is 4.34. The number of carboxylic acids is 1. The topological polar surface area (TPSA) is 46.5 Å². The van der Waals surface area contributed by atoms with Gasteiger partial charge in [0.05, 0.1) is 0 Å². The molecule has 0 aromatic carbocycles. The Bertz CT molecular complexity index is 150. The molecular formula is C9H18O3. The van der Waals surface area contributed by atoms with E-state index in [4.69, 9.17) is 9.84 Å². The highest BCUT2D eigenvalue weighted by molar-refractivity contribution is 5.76. The Morgan fingerprint density at radius 1 is 1.50 bits per heavy atom. The Kier molecular flexibility index (Phi) is 4.24. The first kappa shape index (κ1) is 11.4. The molecule has 0 radical (unpaired) electrons. The van der Waals surface area contributed by atoms with Crippen molar-refractivity contribution in [2.24, 2.45) is 5.92 Å². The molecule has 0 unspecified atom stereocenters. The Morgan fingerprint density at radius 3 is 2.33 bits per heavy atom. The molecule has 0 fully saturated rings. The summed E-state index contributed by atoms with van der Waals surface area (Å²) in [5.74, 6) is -0.360. The summed E-state index contributed by atoms with van der Waals surface area (Å²) < 4.78 is 5.20. The normalized spacial score (nSPS) is 12.1. The fourth-order valence-electron chi connectivity index (χ4n) is 0.612. The van der Waals surface area contributed by atoms with Crippen LogP contribution in [-0.4, -0.2) is 23.3 Å². The van der Waals surface area contributed by atoms with E-state index < -0.39 is 11.6 Å². The summed E-state index contributed by atoms with van der Waals surface area (Å²) in [5, 5.41) is 8.68. The van der Waals surface area contributed by atoms with Gasteiger partial charge in [0, 0.05) is 6.61 Å².